The Labute approximate surface area is 118 Å². The highest BCUT2D eigenvalue weighted by Crippen LogP contribution is 2.26. The van der Waals surface area contributed by atoms with Gasteiger partial charge in [-0.1, -0.05) is 19.3 Å². The van der Waals surface area contributed by atoms with E-state index >= 15 is 0 Å². The van der Waals surface area contributed by atoms with Crippen molar-refractivity contribution in [1.29, 1.82) is 0 Å². The number of hydrogen-bond donors (Lipinski definition) is 1. The maximum Gasteiger partial charge on any atom is 0.239 e. The molecule has 0 aromatic carbocycles. The molecule has 0 aromatic rings. The van der Waals surface area contributed by atoms with Gasteiger partial charge in [0.15, 0.2) is 0 Å². The monoisotopic (exact) mass is 266 g/mol. The van der Waals surface area contributed by atoms with Crippen molar-refractivity contribution in [2.75, 3.05) is 13.1 Å². The first-order valence-corrected chi connectivity index (χ1v) is 8.23. The number of piperidine rings is 1. The van der Waals surface area contributed by atoms with Crippen molar-refractivity contribution in [2.45, 2.75) is 77.3 Å². The molecule has 0 bridgehead atoms. The minimum absolute atomic E-state index is 0.0185. The molecule has 19 heavy (non-hydrogen) atoms. The van der Waals surface area contributed by atoms with Crippen LogP contribution < -0.4 is 5.32 Å². The SMILES string of the molecule is CC(N[C@@H](C)C1CCCCC1)C(=O)N1CCCCC1. The normalized spacial score (nSPS) is 25.1. The molecule has 2 rings (SSSR count). The van der Waals surface area contributed by atoms with Crippen LogP contribution >= 0.6 is 0 Å². The van der Waals surface area contributed by atoms with E-state index in [4.69, 9.17) is 0 Å². The molecule has 1 N–H and O–H groups in total. The van der Waals surface area contributed by atoms with Gasteiger partial charge in [0.05, 0.1) is 6.04 Å². The highest BCUT2D eigenvalue weighted by Gasteiger charge is 2.26. The zero-order valence-corrected chi connectivity index (χ0v) is 12.7. The van der Waals surface area contributed by atoms with Crippen LogP contribution in [0.15, 0.2) is 0 Å². The molecule has 2 atom stereocenters. The molecule has 1 saturated heterocycles. The summed E-state index contributed by atoms with van der Waals surface area (Å²) in [6.45, 7) is 6.22. The number of carbonyl (C=O) groups excluding carboxylic acids is 1. The number of amides is 1. The summed E-state index contributed by atoms with van der Waals surface area (Å²) in [5, 5.41) is 3.56. The van der Waals surface area contributed by atoms with Gasteiger partial charge in [-0.25, -0.2) is 0 Å². The van der Waals surface area contributed by atoms with Crippen LogP contribution in [0.1, 0.15) is 65.2 Å². The smallest absolute Gasteiger partial charge is 0.239 e. The fourth-order valence-corrected chi connectivity index (χ4v) is 3.62. The number of nitrogens with zero attached hydrogens (tertiary/aromatic N) is 1. The fourth-order valence-electron chi connectivity index (χ4n) is 3.62. The summed E-state index contributed by atoms with van der Waals surface area (Å²) in [6, 6.07) is 0.457. The van der Waals surface area contributed by atoms with Gasteiger partial charge in [0.25, 0.3) is 0 Å². The molecule has 2 fully saturated rings. The Kier molecular flexibility index (Phi) is 5.68. The van der Waals surface area contributed by atoms with Crippen molar-refractivity contribution in [3.8, 4) is 0 Å². The Morgan fingerprint density at radius 2 is 1.58 bits per heavy atom. The third-order valence-corrected chi connectivity index (χ3v) is 4.91. The van der Waals surface area contributed by atoms with E-state index in [1.807, 2.05) is 6.92 Å². The molecule has 0 radical (unpaired) electrons. The molecule has 1 amide bonds. The molecule has 110 valence electrons. The number of nitrogens with one attached hydrogen (secondary N) is 1. The Bertz CT molecular complexity index is 280. The molecule has 1 unspecified atom stereocenters. The number of hydrogen-bond acceptors (Lipinski definition) is 2. The maximum atomic E-state index is 12.4. The molecular formula is C16H30N2O. The van der Waals surface area contributed by atoms with Crippen molar-refractivity contribution in [1.82, 2.24) is 10.2 Å². The van der Waals surface area contributed by atoms with Crippen molar-refractivity contribution < 1.29 is 4.79 Å². The van der Waals surface area contributed by atoms with Gasteiger partial charge in [-0.15, -0.1) is 0 Å². The van der Waals surface area contributed by atoms with Gasteiger partial charge in [-0.05, 0) is 51.9 Å². The second-order valence-electron chi connectivity index (χ2n) is 6.46. The summed E-state index contributed by atoms with van der Waals surface area (Å²) >= 11 is 0. The van der Waals surface area contributed by atoms with E-state index in [0.717, 1.165) is 19.0 Å². The predicted molar refractivity (Wildman–Crippen MR) is 79.1 cm³/mol. The minimum Gasteiger partial charge on any atom is -0.341 e. The van der Waals surface area contributed by atoms with E-state index < -0.39 is 0 Å². The van der Waals surface area contributed by atoms with Crippen LogP contribution in [0.2, 0.25) is 0 Å². The number of likely N-dealkylation sites (tertiary alicyclic amines) is 1. The molecule has 1 aliphatic carbocycles. The van der Waals surface area contributed by atoms with Crippen LogP contribution in [-0.4, -0.2) is 36.0 Å². The molecule has 1 aliphatic heterocycles. The summed E-state index contributed by atoms with van der Waals surface area (Å²) in [6.07, 6.45) is 10.4. The van der Waals surface area contributed by atoms with Crippen LogP contribution in [0.25, 0.3) is 0 Å². The van der Waals surface area contributed by atoms with E-state index in [1.165, 1.54) is 51.4 Å². The van der Waals surface area contributed by atoms with Gasteiger partial charge in [0.2, 0.25) is 5.91 Å². The quantitative estimate of drug-likeness (QED) is 0.848. The zero-order valence-electron chi connectivity index (χ0n) is 12.7. The highest BCUT2D eigenvalue weighted by atomic mass is 16.2. The van der Waals surface area contributed by atoms with Crippen LogP contribution in [0.3, 0.4) is 0 Å². The van der Waals surface area contributed by atoms with Gasteiger partial charge >= 0.3 is 0 Å². The fraction of sp³-hybridized carbons (Fsp3) is 0.938. The molecule has 0 aromatic heterocycles. The van der Waals surface area contributed by atoms with Gasteiger partial charge in [-0.2, -0.15) is 0 Å². The molecule has 3 heteroatoms. The Balaban J connectivity index is 1.78. The van der Waals surface area contributed by atoms with Crippen molar-refractivity contribution >= 4 is 5.91 Å². The Morgan fingerprint density at radius 3 is 2.21 bits per heavy atom. The number of carbonyl (C=O) groups is 1. The topological polar surface area (TPSA) is 32.3 Å². The molecular weight excluding hydrogens is 236 g/mol. The van der Waals surface area contributed by atoms with Crippen LogP contribution in [-0.2, 0) is 4.79 Å². The lowest BCUT2D eigenvalue weighted by Gasteiger charge is -2.33. The van der Waals surface area contributed by atoms with E-state index in [9.17, 15) is 4.79 Å². The number of rotatable bonds is 4. The summed E-state index contributed by atoms with van der Waals surface area (Å²) in [5.74, 6) is 1.08. The second kappa shape index (κ2) is 7.28. The molecule has 0 spiro atoms. The van der Waals surface area contributed by atoms with Gasteiger partial charge < -0.3 is 10.2 Å². The minimum atomic E-state index is -0.0185. The molecule has 3 nitrogen and oxygen atoms in total. The van der Waals surface area contributed by atoms with Crippen LogP contribution in [0.5, 0.6) is 0 Å². The Hall–Kier alpha value is -0.570. The van der Waals surface area contributed by atoms with Gasteiger partial charge in [0, 0.05) is 19.1 Å². The zero-order chi connectivity index (χ0) is 13.7. The largest absolute Gasteiger partial charge is 0.341 e. The lowest BCUT2D eigenvalue weighted by atomic mass is 9.84. The first kappa shape index (κ1) is 14.8. The molecule has 1 heterocycles. The standard InChI is InChI=1S/C16H30N2O/c1-13(15-9-5-3-6-10-15)17-14(2)16(19)18-11-7-4-8-12-18/h13-15,17H,3-12H2,1-2H3/t13-,14?/m0/s1. The first-order valence-electron chi connectivity index (χ1n) is 8.23. The van der Waals surface area contributed by atoms with Gasteiger partial charge in [0.1, 0.15) is 0 Å². The Morgan fingerprint density at radius 1 is 1.00 bits per heavy atom. The highest BCUT2D eigenvalue weighted by molar-refractivity contribution is 5.81. The molecule has 1 saturated carbocycles. The van der Waals surface area contributed by atoms with E-state index in [0.29, 0.717) is 11.9 Å². The predicted octanol–water partition coefficient (Wildman–Crippen LogP) is 2.95. The third-order valence-electron chi connectivity index (χ3n) is 4.91. The summed E-state index contributed by atoms with van der Waals surface area (Å²) in [4.78, 5) is 14.4. The van der Waals surface area contributed by atoms with Gasteiger partial charge in [-0.3, -0.25) is 4.79 Å². The summed E-state index contributed by atoms with van der Waals surface area (Å²) < 4.78 is 0. The lowest BCUT2D eigenvalue weighted by Crippen LogP contribution is -2.50. The van der Waals surface area contributed by atoms with E-state index in [-0.39, 0.29) is 6.04 Å². The van der Waals surface area contributed by atoms with Crippen LogP contribution in [0, 0.1) is 5.92 Å². The first-order chi connectivity index (χ1) is 9.18. The summed E-state index contributed by atoms with van der Waals surface area (Å²) in [7, 11) is 0. The van der Waals surface area contributed by atoms with E-state index in [1.54, 1.807) is 0 Å². The molecule has 2 aliphatic rings. The lowest BCUT2D eigenvalue weighted by molar-refractivity contribution is -0.134. The second-order valence-corrected chi connectivity index (χ2v) is 6.46. The van der Waals surface area contributed by atoms with Crippen molar-refractivity contribution in [3.63, 3.8) is 0 Å². The average molecular weight is 266 g/mol. The third kappa shape index (κ3) is 4.20. The van der Waals surface area contributed by atoms with Crippen molar-refractivity contribution in [3.05, 3.63) is 0 Å². The summed E-state index contributed by atoms with van der Waals surface area (Å²) in [5.41, 5.74) is 0. The van der Waals surface area contributed by atoms with Crippen LogP contribution in [0.4, 0.5) is 0 Å². The van der Waals surface area contributed by atoms with E-state index in [2.05, 4.69) is 17.1 Å². The maximum absolute atomic E-state index is 12.4. The average Bonchev–Trinajstić information content (AvgIpc) is 2.48. The van der Waals surface area contributed by atoms with Crippen molar-refractivity contribution in [2.24, 2.45) is 5.92 Å².